The largest absolute Gasteiger partial charge is 0.355 e. The van der Waals surface area contributed by atoms with Gasteiger partial charge in [-0.1, -0.05) is 13.8 Å². The Hall–Kier alpha value is -0.650. The molecule has 0 saturated carbocycles. The lowest BCUT2D eigenvalue weighted by atomic mass is 10.0. The van der Waals surface area contributed by atoms with E-state index in [1.54, 1.807) is 0 Å². The van der Waals surface area contributed by atoms with Crippen LogP contribution in [0.4, 0.5) is 5.82 Å². The van der Waals surface area contributed by atoms with E-state index in [-0.39, 0.29) is 0 Å². The van der Waals surface area contributed by atoms with Gasteiger partial charge in [-0.3, -0.25) is 0 Å². The quantitative estimate of drug-likeness (QED) is 0.880. The number of rotatable bonds is 5. The third kappa shape index (κ3) is 4.66. The summed E-state index contributed by atoms with van der Waals surface area (Å²) < 4.78 is 1.04. The molecule has 1 aromatic heterocycles. The van der Waals surface area contributed by atoms with Gasteiger partial charge >= 0.3 is 0 Å². The van der Waals surface area contributed by atoms with Gasteiger partial charge in [0.15, 0.2) is 0 Å². The van der Waals surface area contributed by atoms with E-state index in [9.17, 15) is 0 Å². The summed E-state index contributed by atoms with van der Waals surface area (Å²) in [6, 6.07) is 3.21. The van der Waals surface area contributed by atoms with Crippen molar-refractivity contribution in [1.82, 2.24) is 15.2 Å². The molecule has 5 heteroatoms. The van der Waals surface area contributed by atoms with Gasteiger partial charge < -0.3 is 15.1 Å². The second-order valence-electron chi connectivity index (χ2n) is 6.34. The van der Waals surface area contributed by atoms with E-state index in [2.05, 4.69) is 70.0 Å². The van der Waals surface area contributed by atoms with Gasteiger partial charge in [0.1, 0.15) is 5.82 Å². The maximum absolute atomic E-state index is 4.68. The minimum absolute atomic E-state index is 0.475. The number of anilines is 1. The predicted octanol–water partition coefficient (Wildman–Crippen LogP) is 2.87. The number of hydrogen-bond donors (Lipinski definition) is 1. The molecule has 1 aromatic rings. The maximum atomic E-state index is 4.68. The molecule has 1 N–H and O–H groups in total. The summed E-state index contributed by atoms with van der Waals surface area (Å²) >= 11 is 3.54. The normalized spacial score (nSPS) is 20.0. The van der Waals surface area contributed by atoms with Crippen molar-refractivity contribution in [2.24, 2.45) is 0 Å². The standard InChI is InChI=1S/C16H27BrN4/c1-12(2)18-9-13-8-14(17)10-19-16(13)21(4)15-6-5-7-20(3)11-15/h8,10,12,15,18H,5-7,9,11H2,1-4H3. The molecule has 0 aromatic carbocycles. The van der Waals surface area contributed by atoms with Crippen LogP contribution in [0.3, 0.4) is 0 Å². The third-order valence-corrected chi connectivity index (χ3v) is 4.53. The van der Waals surface area contributed by atoms with Gasteiger partial charge in [-0.25, -0.2) is 4.98 Å². The van der Waals surface area contributed by atoms with Crippen LogP contribution in [-0.2, 0) is 6.54 Å². The van der Waals surface area contributed by atoms with Gasteiger partial charge in [0.2, 0.25) is 0 Å². The first-order chi connectivity index (χ1) is 9.97. The lowest BCUT2D eigenvalue weighted by molar-refractivity contribution is 0.247. The number of pyridine rings is 1. The second-order valence-corrected chi connectivity index (χ2v) is 7.26. The van der Waals surface area contributed by atoms with E-state index < -0.39 is 0 Å². The first-order valence-electron chi connectivity index (χ1n) is 7.76. The lowest BCUT2D eigenvalue weighted by Crippen LogP contribution is -2.45. The minimum Gasteiger partial charge on any atom is -0.355 e. The van der Waals surface area contributed by atoms with Crippen LogP contribution in [-0.4, -0.2) is 49.2 Å². The summed E-state index contributed by atoms with van der Waals surface area (Å²) in [7, 11) is 4.38. The van der Waals surface area contributed by atoms with Gasteiger partial charge in [0.25, 0.3) is 0 Å². The number of halogens is 1. The highest BCUT2D eigenvalue weighted by Crippen LogP contribution is 2.25. The predicted molar refractivity (Wildman–Crippen MR) is 92.8 cm³/mol. The monoisotopic (exact) mass is 354 g/mol. The van der Waals surface area contributed by atoms with Gasteiger partial charge in [0, 0.05) is 48.5 Å². The molecule has 1 fully saturated rings. The average molecular weight is 355 g/mol. The Bertz CT molecular complexity index is 464. The zero-order valence-electron chi connectivity index (χ0n) is 13.6. The van der Waals surface area contributed by atoms with Crippen LogP contribution in [0.5, 0.6) is 0 Å². The summed E-state index contributed by atoms with van der Waals surface area (Å²) in [5.41, 5.74) is 1.26. The molecule has 118 valence electrons. The van der Waals surface area contributed by atoms with Crippen molar-refractivity contribution in [1.29, 1.82) is 0 Å². The zero-order valence-corrected chi connectivity index (χ0v) is 15.2. The van der Waals surface area contributed by atoms with Crippen molar-refractivity contribution < 1.29 is 0 Å². The number of likely N-dealkylation sites (N-methyl/N-ethyl adjacent to an activating group) is 2. The van der Waals surface area contributed by atoms with Crippen LogP contribution in [0, 0.1) is 0 Å². The maximum Gasteiger partial charge on any atom is 0.133 e. The molecule has 0 radical (unpaired) electrons. The van der Waals surface area contributed by atoms with Crippen molar-refractivity contribution in [2.75, 3.05) is 32.1 Å². The first-order valence-corrected chi connectivity index (χ1v) is 8.56. The molecule has 0 amide bonds. The fourth-order valence-electron chi connectivity index (χ4n) is 2.86. The van der Waals surface area contributed by atoms with E-state index in [1.807, 2.05) is 6.20 Å². The molecule has 1 aliphatic heterocycles. The van der Waals surface area contributed by atoms with Gasteiger partial charge in [-0.05, 0) is 48.4 Å². The molecule has 1 atom stereocenters. The van der Waals surface area contributed by atoms with E-state index >= 15 is 0 Å². The number of nitrogens with zero attached hydrogens (tertiary/aromatic N) is 3. The molecule has 1 unspecified atom stereocenters. The van der Waals surface area contributed by atoms with E-state index in [4.69, 9.17) is 0 Å². The summed E-state index contributed by atoms with van der Waals surface area (Å²) in [5.74, 6) is 1.10. The molecule has 21 heavy (non-hydrogen) atoms. The zero-order chi connectivity index (χ0) is 15.4. The van der Waals surface area contributed by atoms with Crippen LogP contribution in [0.15, 0.2) is 16.7 Å². The molecular weight excluding hydrogens is 328 g/mol. The summed E-state index contributed by atoms with van der Waals surface area (Å²) in [4.78, 5) is 9.45. The Morgan fingerprint density at radius 2 is 2.29 bits per heavy atom. The molecule has 0 bridgehead atoms. The lowest BCUT2D eigenvalue weighted by Gasteiger charge is -2.37. The van der Waals surface area contributed by atoms with Crippen molar-refractivity contribution in [3.63, 3.8) is 0 Å². The second kappa shape index (κ2) is 7.56. The van der Waals surface area contributed by atoms with E-state index in [0.29, 0.717) is 12.1 Å². The minimum atomic E-state index is 0.475. The Balaban J connectivity index is 2.16. The van der Waals surface area contributed by atoms with Gasteiger partial charge in [0.05, 0.1) is 0 Å². The Morgan fingerprint density at radius 3 is 2.95 bits per heavy atom. The van der Waals surface area contributed by atoms with E-state index in [1.165, 1.54) is 24.9 Å². The molecular formula is C16H27BrN4. The molecule has 0 aliphatic carbocycles. The number of hydrogen-bond acceptors (Lipinski definition) is 4. The average Bonchev–Trinajstić information content (AvgIpc) is 2.44. The molecule has 2 rings (SSSR count). The van der Waals surface area contributed by atoms with Crippen molar-refractivity contribution in [3.05, 3.63) is 22.3 Å². The first kappa shape index (κ1) is 16.7. The number of aromatic nitrogens is 1. The fraction of sp³-hybridized carbons (Fsp3) is 0.688. The Labute approximate surface area is 137 Å². The third-order valence-electron chi connectivity index (χ3n) is 4.09. The van der Waals surface area contributed by atoms with E-state index in [0.717, 1.165) is 23.4 Å². The molecule has 4 nitrogen and oxygen atoms in total. The van der Waals surface area contributed by atoms with Crippen LogP contribution >= 0.6 is 15.9 Å². The number of likely N-dealkylation sites (tertiary alicyclic amines) is 1. The van der Waals surface area contributed by atoms with Crippen molar-refractivity contribution >= 4 is 21.7 Å². The topological polar surface area (TPSA) is 31.4 Å². The van der Waals surface area contributed by atoms with Gasteiger partial charge in [-0.2, -0.15) is 0 Å². The summed E-state index contributed by atoms with van der Waals surface area (Å²) in [5, 5.41) is 3.50. The van der Waals surface area contributed by atoms with Crippen LogP contribution in [0.2, 0.25) is 0 Å². The fourth-order valence-corrected chi connectivity index (χ4v) is 3.24. The van der Waals surface area contributed by atoms with Crippen LogP contribution in [0.25, 0.3) is 0 Å². The SMILES string of the molecule is CC(C)NCc1cc(Br)cnc1N(C)C1CCCN(C)C1. The highest BCUT2D eigenvalue weighted by molar-refractivity contribution is 9.10. The summed E-state index contributed by atoms with van der Waals surface area (Å²) in [6.07, 6.45) is 4.41. The molecule has 0 spiro atoms. The molecule has 1 aliphatic rings. The van der Waals surface area contributed by atoms with Crippen LogP contribution in [0.1, 0.15) is 32.3 Å². The Morgan fingerprint density at radius 1 is 1.52 bits per heavy atom. The smallest absolute Gasteiger partial charge is 0.133 e. The van der Waals surface area contributed by atoms with Crippen molar-refractivity contribution in [2.45, 2.75) is 45.3 Å². The highest BCUT2D eigenvalue weighted by Gasteiger charge is 2.23. The van der Waals surface area contributed by atoms with Crippen LogP contribution < -0.4 is 10.2 Å². The van der Waals surface area contributed by atoms with Gasteiger partial charge in [-0.15, -0.1) is 0 Å². The van der Waals surface area contributed by atoms with Crippen molar-refractivity contribution in [3.8, 4) is 0 Å². The molecule has 2 heterocycles. The Kier molecular flexibility index (Phi) is 6.02. The number of nitrogens with one attached hydrogen (secondary N) is 1. The highest BCUT2D eigenvalue weighted by atomic mass is 79.9. The summed E-state index contributed by atoms with van der Waals surface area (Å²) in [6.45, 7) is 7.52. The number of piperidine rings is 1. The molecule has 1 saturated heterocycles.